The van der Waals surface area contributed by atoms with E-state index in [1.807, 2.05) is 29.2 Å². The summed E-state index contributed by atoms with van der Waals surface area (Å²) >= 11 is 0. The van der Waals surface area contributed by atoms with Crippen LogP contribution >= 0.6 is 0 Å². The maximum atomic E-state index is 12.4. The van der Waals surface area contributed by atoms with Gasteiger partial charge < -0.3 is 14.9 Å². The van der Waals surface area contributed by atoms with Gasteiger partial charge in [-0.25, -0.2) is 4.79 Å². The van der Waals surface area contributed by atoms with Crippen LogP contribution in [0.5, 0.6) is 0 Å². The van der Waals surface area contributed by atoms with Crippen LogP contribution in [0.2, 0.25) is 0 Å². The van der Waals surface area contributed by atoms with Crippen molar-refractivity contribution in [2.24, 2.45) is 5.92 Å². The third-order valence-electron chi connectivity index (χ3n) is 5.45. The van der Waals surface area contributed by atoms with Crippen LogP contribution in [0.15, 0.2) is 24.3 Å². The second kappa shape index (κ2) is 11.3. The molecule has 6 nitrogen and oxygen atoms in total. The molecule has 1 unspecified atom stereocenters. The van der Waals surface area contributed by atoms with E-state index < -0.39 is 12.1 Å². The van der Waals surface area contributed by atoms with Gasteiger partial charge in [0.15, 0.2) is 5.78 Å². The Morgan fingerprint density at radius 2 is 1.77 bits per heavy atom. The van der Waals surface area contributed by atoms with Gasteiger partial charge in [-0.3, -0.25) is 9.59 Å². The lowest BCUT2D eigenvalue weighted by Gasteiger charge is -2.31. The molecular formula is C22H29F3N2O4. The van der Waals surface area contributed by atoms with Crippen molar-refractivity contribution in [2.45, 2.75) is 51.6 Å². The zero-order valence-corrected chi connectivity index (χ0v) is 17.7. The molecule has 0 bridgehead atoms. The second-order valence-corrected chi connectivity index (χ2v) is 8.04. The summed E-state index contributed by atoms with van der Waals surface area (Å²) in [5.41, 5.74) is 1.50. The summed E-state index contributed by atoms with van der Waals surface area (Å²) in [7, 11) is 0. The normalized spacial score (nSPS) is 19.9. The summed E-state index contributed by atoms with van der Waals surface area (Å²) in [6, 6.07) is 7.54. The number of unbranched alkanes of at least 4 members (excludes halogenated alkanes) is 1. The summed E-state index contributed by atoms with van der Waals surface area (Å²) in [4.78, 5) is 37.9. The molecule has 1 aromatic rings. The van der Waals surface area contributed by atoms with Gasteiger partial charge in [0.2, 0.25) is 5.91 Å². The molecule has 1 aromatic carbocycles. The monoisotopic (exact) mass is 442 g/mol. The van der Waals surface area contributed by atoms with Crippen LogP contribution in [0.1, 0.15) is 55.8 Å². The fraction of sp³-hybridized carbons (Fsp3) is 0.591. The Morgan fingerprint density at radius 1 is 1.13 bits per heavy atom. The quantitative estimate of drug-likeness (QED) is 0.694. The standard InChI is InChI=1S/C20H28N2O2.C2HF3O2/c1-16-7-6-13-21(15-16)12-4-5-14-22-18-9-3-2-8-17(18)19(23)10-11-20(22)24;3-2(4,5)1(6)7/h2-3,8-9,16H,4-7,10-15H2,1H3;(H,6,7). The highest BCUT2D eigenvalue weighted by Crippen LogP contribution is 2.27. The predicted octanol–water partition coefficient (Wildman–Crippen LogP) is 4.14. The number of carbonyl (C=O) groups excluding carboxylic acids is 2. The number of amides is 1. The SMILES string of the molecule is CC1CCCN(CCCCN2C(=O)CCC(=O)c3ccccc32)C1.O=C(O)C(F)(F)F. The average Bonchev–Trinajstić information content (AvgIpc) is 2.83. The number of carbonyl (C=O) groups is 3. The van der Waals surface area contributed by atoms with Gasteiger partial charge >= 0.3 is 12.1 Å². The van der Waals surface area contributed by atoms with Gasteiger partial charge in [-0.2, -0.15) is 13.2 Å². The molecule has 2 heterocycles. The molecule has 0 aliphatic carbocycles. The van der Waals surface area contributed by atoms with Gasteiger partial charge in [0, 0.05) is 31.5 Å². The number of nitrogens with zero attached hydrogens (tertiary/aromatic N) is 2. The van der Waals surface area contributed by atoms with E-state index in [4.69, 9.17) is 9.90 Å². The molecule has 0 radical (unpaired) electrons. The van der Waals surface area contributed by atoms with E-state index in [0.29, 0.717) is 24.9 Å². The number of hydrogen-bond donors (Lipinski definition) is 1. The van der Waals surface area contributed by atoms with Crippen molar-refractivity contribution in [3.05, 3.63) is 29.8 Å². The van der Waals surface area contributed by atoms with Gasteiger partial charge in [-0.1, -0.05) is 19.1 Å². The number of fused-ring (bicyclic) bond motifs is 1. The number of para-hydroxylation sites is 1. The number of carboxylic acids is 1. The van der Waals surface area contributed by atoms with Crippen LogP contribution in [0.3, 0.4) is 0 Å². The largest absolute Gasteiger partial charge is 0.490 e. The lowest BCUT2D eigenvalue weighted by Crippen LogP contribution is -2.36. The summed E-state index contributed by atoms with van der Waals surface area (Å²) in [5, 5.41) is 7.12. The van der Waals surface area contributed by atoms with Crippen molar-refractivity contribution < 1.29 is 32.7 Å². The number of rotatable bonds is 5. The first kappa shape index (κ1) is 24.8. The minimum absolute atomic E-state index is 0.0832. The Kier molecular flexibility index (Phi) is 9.03. The molecule has 1 saturated heterocycles. The number of benzene rings is 1. The van der Waals surface area contributed by atoms with E-state index >= 15 is 0 Å². The van der Waals surface area contributed by atoms with Crippen molar-refractivity contribution in [2.75, 3.05) is 31.1 Å². The van der Waals surface area contributed by atoms with Gasteiger partial charge in [0.25, 0.3) is 0 Å². The smallest absolute Gasteiger partial charge is 0.475 e. The van der Waals surface area contributed by atoms with Gasteiger partial charge in [0.05, 0.1) is 5.69 Å². The molecule has 1 N–H and O–H groups in total. The van der Waals surface area contributed by atoms with Crippen LogP contribution < -0.4 is 4.90 Å². The molecule has 0 saturated carbocycles. The molecule has 0 spiro atoms. The van der Waals surface area contributed by atoms with Crippen LogP contribution in [0.25, 0.3) is 0 Å². The highest BCUT2D eigenvalue weighted by molar-refractivity contribution is 6.10. The number of aliphatic carboxylic acids is 1. The second-order valence-electron chi connectivity index (χ2n) is 8.04. The number of anilines is 1. The highest BCUT2D eigenvalue weighted by Gasteiger charge is 2.38. The Labute approximate surface area is 180 Å². The predicted molar refractivity (Wildman–Crippen MR) is 110 cm³/mol. The Bertz CT molecular complexity index is 782. The lowest BCUT2D eigenvalue weighted by atomic mass is 10.00. The van der Waals surface area contributed by atoms with Crippen LogP contribution in [-0.2, 0) is 9.59 Å². The molecule has 2 aliphatic heterocycles. The summed E-state index contributed by atoms with van der Waals surface area (Å²) in [5.74, 6) is -1.78. The lowest BCUT2D eigenvalue weighted by molar-refractivity contribution is -0.192. The first-order valence-corrected chi connectivity index (χ1v) is 10.5. The minimum Gasteiger partial charge on any atom is -0.475 e. The number of ketones is 1. The molecule has 0 aromatic heterocycles. The third kappa shape index (κ3) is 7.65. The number of Topliss-reactive ketones (excluding diaryl/α,β-unsaturated/α-hetero) is 1. The molecule has 172 valence electrons. The Hall–Kier alpha value is -2.42. The molecular weight excluding hydrogens is 413 g/mol. The maximum absolute atomic E-state index is 12.4. The van der Waals surface area contributed by atoms with Gasteiger partial charge in [-0.05, 0) is 56.8 Å². The third-order valence-corrected chi connectivity index (χ3v) is 5.45. The summed E-state index contributed by atoms with van der Waals surface area (Å²) in [6.45, 7) is 6.58. The van der Waals surface area contributed by atoms with E-state index in [9.17, 15) is 22.8 Å². The van der Waals surface area contributed by atoms with Crippen LogP contribution in [-0.4, -0.2) is 60.0 Å². The number of hydrogen-bond acceptors (Lipinski definition) is 4. The molecule has 31 heavy (non-hydrogen) atoms. The maximum Gasteiger partial charge on any atom is 0.490 e. The van der Waals surface area contributed by atoms with E-state index in [1.54, 1.807) is 0 Å². The summed E-state index contributed by atoms with van der Waals surface area (Å²) < 4.78 is 31.7. The van der Waals surface area contributed by atoms with Crippen molar-refractivity contribution >= 4 is 23.3 Å². The molecule has 1 amide bonds. The van der Waals surface area contributed by atoms with Crippen LogP contribution in [0, 0.1) is 5.92 Å². The van der Waals surface area contributed by atoms with Crippen molar-refractivity contribution in [1.29, 1.82) is 0 Å². The number of likely N-dealkylation sites (tertiary alicyclic amines) is 1. The number of halogens is 3. The first-order valence-electron chi connectivity index (χ1n) is 10.5. The first-order chi connectivity index (χ1) is 14.6. The van der Waals surface area contributed by atoms with Gasteiger partial charge in [0.1, 0.15) is 0 Å². The average molecular weight is 442 g/mol. The highest BCUT2D eigenvalue weighted by atomic mass is 19.4. The van der Waals surface area contributed by atoms with E-state index in [2.05, 4.69) is 11.8 Å². The molecule has 9 heteroatoms. The van der Waals surface area contributed by atoms with E-state index in [0.717, 1.165) is 31.0 Å². The van der Waals surface area contributed by atoms with Crippen molar-refractivity contribution in [1.82, 2.24) is 4.90 Å². The molecule has 2 aliphatic rings. The zero-order valence-electron chi connectivity index (χ0n) is 17.7. The number of carboxylic acid groups (broad SMARTS) is 1. The fourth-order valence-corrected chi connectivity index (χ4v) is 3.91. The Morgan fingerprint density at radius 3 is 2.42 bits per heavy atom. The fourth-order valence-electron chi connectivity index (χ4n) is 3.91. The Balaban J connectivity index is 0.000000423. The zero-order chi connectivity index (χ0) is 23.0. The molecule has 3 rings (SSSR count). The van der Waals surface area contributed by atoms with Gasteiger partial charge in [-0.15, -0.1) is 0 Å². The minimum atomic E-state index is -5.08. The summed E-state index contributed by atoms with van der Waals surface area (Å²) in [6.07, 6.45) is 0.325. The molecule has 1 fully saturated rings. The van der Waals surface area contributed by atoms with E-state index in [1.165, 1.54) is 25.9 Å². The van der Waals surface area contributed by atoms with Crippen molar-refractivity contribution in [3.8, 4) is 0 Å². The van der Waals surface area contributed by atoms with Crippen LogP contribution in [0.4, 0.5) is 18.9 Å². The number of piperidine rings is 1. The number of alkyl halides is 3. The van der Waals surface area contributed by atoms with Crippen molar-refractivity contribution in [3.63, 3.8) is 0 Å². The molecule has 1 atom stereocenters. The van der Waals surface area contributed by atoms with E-state index in [-0.39, 0.29) is 11.7 Å². The topological polar surface area (TPSA) is 77.9 Å².